The van der Waals surface area contributed by atoms with E-state index in [1.165, 1.54) is 17.7 Å². The summed E-state index contributed by atoms with van der Waals surface area (Å²) in [4.78, 5) is 13.2. The Kier molecular flexibility index (Phi) is 9.46. The maximum absolute atomic E-state index is 13.7. The fourth-order valence-corrected chi connectivity index (χ4v) is 5.99. The van der Waals surface area contributed by atoms with E-state index in [0.717, 1.165) is 29.8 Å². The third-order valence-corrected chi connectivity index (χ3v) is 8.49. The highest BCUT2D eigenvalue weighted by molar-refractivity contribution is 7.86. The second-order valence-electron chi connectivity index (χ2n) is 9.85. The molecule has 1 aromatic heterocycles. The predicted molar refractivity (Wildman–Crippen MR) is 175 cm³/mol. The van der Waals surface area contributed by atoms with Crippen LogP contribution in [0.1, 0.15) is 26.6 Å². The Labute approximate surface area is 251 Å². The number of carbonyl (C=O) groups excluding carboxylic acids is 1. The Bertz CT molecular complexity index is 1690. The first-order valence-electron chi connectivity index (χ1n) is 14.0. The van der Waals surface area contributed by atoms with Gasteiger partial charge in [-0.05, 0) is 42.3 Å². The van der Waals surface area contributed by atoms with Crippen LogP contribution < -0.4 is 14.9 Å². The highest BCUT2D eigenvalue weighted by Crippen LogP contribution is 2.41. The lowest BCUT2D eigenvalue weighted by molar-refractivity contribution is 0.0964. The summed E-state index contributed by atoms with van der Waals surface area (Å²) >= 11 is 0. The van der Waals surface area contributed by atoms with E-state index < -0.39 is 11.0 Å². The van der Waals surface area contributed by atoms with Crippen LogP contribution in [0.15, 0.2) is 107 Å². The van der Waals surface area contributed by atoms with Crippen LogP contribution in [0.2, 0.25) is 0 Å². The minimum absolute atomic E-state index is 0. The summed E-state index contributed by atoms with van der Waals surface area (Å²) in [6.45, 7) is 3.75. The lowest BCUT2D eigenvalue weighted by Crippen LogP contribution is -2.35. The number of nitrogens with one attached hydrogen (secondary N) is 2. The number of amides is 1. The number of rotatable bonds is 11. The van der Waals surface area contributed by atoms with Crippen LogP contribution in [-0.2, 0) is 11.0 Å². The fourth-order valence-electron chi connectivity index (χ4n) is 5.01. The van der Waals surface area contributed by atoms with Crippen LogP contribution in [0, 0.1) is 5.82 Å². The molecule has 0 spiro atoms. The Morgan fingerprint density at radius 3 is 2.57 bits per heavy atom. The summed E-state index contributed by atoms with van der Waals surface area (Å²) < 4.78 is 35.4. The van der Waals surface area contributed by atoms with Crippen molar-refractivity contribution in [2.24, 2.45) is 0 Å². The maximum Gasteiger partial charge on any atom is 0.255 e. The monoisotopic (exact) mass is 587 g/mol. The largest absolute Gasteiger partial charge is 0.455 e. The van der Waals surface area contributed by atoms with Gasteiger partial charge in [0.2, 0.25) is 0 Å². The lowest BCUT2D eigenvalue weighted by Gasteiger charge is -2.26. The van der Waals surface area contributed by atoms with Crippen LogP contribution in [0.25, 0.3) is 33.4 Å². The number of halogens is 1. The average Bonchev–Trinajstić information content (AvgIpc) is 3.19. The molecular formula is C34H38FN3O3S. The van der Waals surface area contributed by atoms with Gasteiger partial charge in [0.25, 0.3) is 5.91 Å². The molecule has 1 unspecified atom stereocenters. The van der Waals surface area contributed by atoms with E-state index in [1.807, 2.05) is 71.9 Å². The minimum atomic E-state index is -1.31. The quantitative estimate of drug-likeness (QED) is 0.181. The van der Waals surface area contributed by atoms with Gasteiger partial charge in [-0.3, -0.25) is 9.10 Å². The number of carbonyl (C=O) groups is 1. The number of nitrogens with zero attached hydrogens (tertiary/aromatic N) is 1. The molecule has 42 heavy (non-hydrogen) atoms. The molecule has 1 amide bonds. The fraction of sp³-hybridized carbons (Fsp3) is 0.206. The van der Waals surface area contributed by atoms with Gasteiger partial charge in [0.1, 0.15) is 28.1 Å². The Balaban J connectivity index is 0.00000264. The van der Waals surface area contributed by atoms with Crippen molar-refractivity contribution in [1.29, 1.82) is 0 Å². The standard InChI is InChI=1S/C34H34FN3O3S.2H2/c1-3-42(40)38(20-19-37-23-24-11-7-4-5-8-12-24)30-22-31-29(21-28(30)25-13-9-6-10-14-25)32(34(39)36-2)33(41-31)26-15-17-27(35)18-16-26;;/h4-11,13-18,21-22,37H,3,12,19-20,23H2,1-2H3,(H,36,39);2*1H. The summed E-state index contributed by atoms with van der Waals surface area (Å²) in [5.41, 5.74) is 5.23. The van der Waals surface area contributed by atoms with Gasteiger partial charge in [-0.2, -0.15) is 0 Å². The van der Waals surface area contributed by atoms with Crippen molar-refractivity contribution in [2.45, 2.75) is 13.3 Å². The summed E-state index contributed by atoms with van der Waals surface area (Å²) in [5.74, 6) is 0.107. The van der Waals surface area contributed by atoms with E-state index in [4.69, 9.17) is 4.42 Å². The molecule has 0 saturated heterocycles. The highest BCUT2D eigenvalue weighted by atomic mass is 32.2. The number of allylic oxidation sites excluding steroid dienone is 5. The van der Waals surface area contributed by atoms with Crippen molar-refractivity contribution in [2.75, 3.05) is 36.7 Å². The summed E-state index contributed by atoms with van der Waals surface area (Å²) in [7, 11) is 0.261. The smallest absolute Gasteiger partial charge is 0.255 e. The molecule has 2 N–H and O–H groups in total. The van der Waals surface area contributed by atoms with E-state index in [9.17, 15) is 13.4 Å². The molecule has 0 radical (unpaired) electrons. The summed E-state index contributed by atoms with van der Waals surface area (Å²) in [5, 5.41) is 6.84. The average molecular weight is 588 g/mol. The van der Waals surface area contributed by atoms with Crippen molar-refractivity contribution in [3.63, 3.8) is 0 Å². The SMILES string of the molecule is CCS(=O)N(CCNCC1=CC=CC=CC1)c1cc2oc(-c3ccc(F)cc3)c(C(=O)NC)c2cc1-c1ccccc1.[HH].[HH]. The zero-order chi connectivity index (χ0) is 29.5. The molecule has 5 rings (SSSR count). The molecule has 0 aliphatic heterocycles. The lowest BCUT2D eigenvalue weighted by atomic mass is 9.98. The van der Waals surface area contributed by atoms with Crippen LogP contribution >= 0.6 is 0 Å². The molecule has 0 fully saturated rings. The van der Waals surface area contributed by atoms with E-state index in [-0.39, 0.29) is 14.6 Å². The van der Waals surface area contributed by atoms with Gasteiger partial charge in [-0.1, -0.05) is 73.2 Å². The second-order valence-corrected chi connectivity index (χ2v) is 11.5. The molecule has 220 valence electrons. The minimum Gasteiger partial charge on any atom is -0.455 e. The number of hydrogen-bond donors (Lipinski definition) is 2. The van der Waals surface area contributed by atoms with Crippen molar-refractivity contribution >= 4 is 33.5 Å². The van der Waals surface area contributed by atoms with E-state index >= 15 is 0 Å². The highest BCUT2D eigenvalue weighted by Gasteiger charge is 2.26. The van der Waals surface area contributed by atoms with Crippen LogP contribution in [0.3, 0.4) is 0 Å². The van der Waals surface area contributed by atoms with E-state index in [1.54, 1.807) is 19.2 Å². The number of hydrogen-bond acceptors (Lipinski definition) is 4. The number of fused-ring (bicyclic) bond motifs is 1. The summed E-state index contributed by atoms with van der Waals surface area (Å²) in [6, 6.07) is 19.5. The molecule has 1 aliphatic rings. The molecule has 3 aromatic carbocycles. The maximum atomic E-state index is 13.7. The number of benzene rings is 3. The van der Waals surface area contributed by atoms with Crippen molar-refractivity contribution in [3.05, 3.63) is 114 Å². The zero-order valence-electron chi connectivity index (χ0n) is 23.7. The molecule has 1 aliphatic carbocycles. The number of anilines is 1. The van der Waals surface area contributed by atoms with Crippen molar-refractivity contribution < 1.29 is 20.7 Å². The molecule has 6 nitrogen and oxygen atoms in total. The van der Waals surface area contributed by atoms with Gasteiger partial charge in [-0.15, -0.1) is 0 Å². The molecule has 1 atom stereocenters. The second kappa shape index (κ2) is 13.6. The van der Waals surface area contributed by atoms with Gasteiger partial charge < -0.3 is 15.1 Å². The summed E-state index contributed by atoms with van der Waals surface area (Å²) in [6.07, 6.45) is 11.2. The molecule has 0 bridgehead atoms. The first-order valence-corrected chi connectivity index (χ1v) is 15.3. The first-order chi connectivity index (χ1) is 20.5. The molecule has 1 heterocycles. The van der Waals surface area contributed by atoms with Gasteiger partial charge >= 0.3 is 0 Å². The third-order valence-electron chi connectivity index (χ3n) is 7.13. The topological polar surface area (TPSA) is 74.6 Å². The Hall–Kier alpha value is -4.27. The Morgan fingerprint density at radius 1 is 1.05 bits per heavy atom. The van der Waals surface area contributed by atoms with Gasteiger partial charge in [0.05, 0.1) is 11.3 Å². The van der Waals surface area contributed by atoms with E-state index in [0.29, 0.717) is 46.7 Å². The predicted octanol–water partition coefficient (Wildman–Crippen LogP) is 7.28. The number of furan rings is 1. The van der Waals surface area contributed by atoms with Crippen LogP contribution in [0.5, 0.6) is 0 Å². The molecule has 0 saturated carbocycles. The van der Waals surface area contributed by atoms with E-state index in [2.05, 4.69) is 22.8 Å². The first kappa shape index (κ1) is 29.2. The molecule has 8 heteroatoms. The van der Waals surface area contributed by atoms with Gasteiger partial charge in [0, 0.05) is 57.9 Å². The Morgan fingerprint density at radius 2 is 1.83 bits per heavy atom. The van der Waals surface area contributed by atoms with Gasteiger partial charge in [-0.25, -0.2) is 8.60 Å². The zero-order valence-corrected chi connectivity index (χ0v) is 24.5. The van der Waals surface area contributed by atoms with Crippen molar-refractivity contribution in [3.8, 4) is 22.5 Å². The van der Waals surface area contributed by atoms with Gasteiger partial charge in [0.15, 0.2) is 0 Å². The molecular weight excluding hydrogens is 549 g/mol. The normalized spacial score (nSPS) is 13.5. The van der Waals surface area contributed by atoms with Crippen molar-refractivity contribution in [1.82, 2.24) is 10.6 Å². The molecule has 4 aromatic rings. The third kappa shape index (κ3) is 6.45. The van der Waals surface area contributed by atoms with Crippen LogP contribution in [0.4, 0.5) is 10.1 Å². The van der Waals surface area contributed by atoms with Crippen LogP contribution in [-0.4, -0.2) is 42.6 Å².